The van der Waals surface area contributed by atoms with Gasteiger partial charge >= 0.3 is 6.01 Å². The molecule has 0 atom stereocenters. The Morgan fingerprint density at radius 3 is 2.57 bits per heavy atom. The summed E-state index contributed by atoms with van der Waals surface area (Å²) in [5.41, 5.74) is 1.05. The molecule has 0 bridgehead atoms. The van der Waals surface area contributed by atoms with E-state index in [9.17, 15) is 0 Å². The van der Waals surface area contributed by atoms with Gasteiger partial charge in [-0.15, -0.1) is 0 Å². The highest BCUT2D eigenvalue weighted by Crippen LogP contribution is 2.12. The number of rotatable bonds is 2. The van der Waals surface area contributed by atoms with Crippen LogP contribution in [0.1, 0.15) is 12.8 Å². The molecule has 1 aliphatic rings. The van der Waals surface area contributed by atoms with Crippen LogP contribution in [-0.4, -0.2) is 37.1 Å². The van der Waals surface area contributed by atoms with Crippen LogP contribution < -0.4 is 10.2 Å². The lowest BCUT2D eigenvalue weighted by molar-refractivity contribution is 0.0217. The van der Waals surface area contributed by atoms with Crippen molar-refractivity contribution >= 4 is 13.3 Å². The Hall–Kier alpha value is -1.10. The Balaban J connectivity index is 1.92. The van der Waals surface area contributed by atoms with Crippen LogP contribution in [0.25, 0.3) is 0 Å². The molecule has 1 aliphatic heterocycles. The van der Waals surface area contributed by atoms with Gasteiger partial charge in [-0.3, -0.25) is 0 Å². The van der Waals surface area contributed by atoms with E-state index in [1.54, 1.807) is 12.4 Å². The van der Waals surface area contributed by atoms with E-state index in [0.29, 0.717) is 6.01 Å². The fourth-order valence-corrected chi connectivity index (χ4v) is 1.38. The second kappa shape index (κ2) is 4.42. The number of ether oxygens (including phenoxy) is 2. The van der Waals surface area contributed by atoms with Gasteiger partial charge in [0.2, 0.25) is 0 Å². The molecule has 0 spiro atoms. The third-order valence-corrected chi connectivity index (χ3v) is 2.20. The maximum atomic E-state index is 5.61. The molecule has 0 radical (unpaired) electrons. The number of hydrogen-bond donors (Lipinski definition) is 0. The summed E-state index contributed by atoms with van der Waals surface area (Å²) in [6.07, 6.45) is 5.60. The molecule has 5 heteroatoms. The Morgan fingerprint density at radius 1 is 1.29 bits per heavy atom. The van der Waals surface area contributed by atoms with E-state index in [-0.39, 0.29) is 6.10 Å². The van der Waals surface area contributed by atoms with Gasteiger partial charge in [0.05, 0.1) is 13.2 Å². The van der Waals surface area contributed by atoms with Crippen molar-refractivity contribution < 1.29 is 9.47 Å². The summed E-state index contributed by atoms with van der Waals surface area (Å²) in [5, 5.41) is 0. The monoisotopic (exact) mass is 192 g/mol. The summed E-state index contributed by atoms with van der Waals surface area (Å²) in [7, 11) is 1.96. The molecule has 0 unspecified atom stereocenters. The van der Waals surface area contributed by atoms with Crippen molar-refractivity contribution in [2.45, 2.75) is 18.9 Å². The smallest absolute Gasteiger partial charge is 0.316 e. The van der Waals surface area contributed by atoms with Crippen molar-refractivity contribution in [3.63, 3.8) is 0 Å². The predicted octanol–water partition coefficient (Wildman–Crippen LogP) is -0.707. The van der Waals surface area contributed by atoms with Crippen LogP contribution >= 0.6 is 0 Å². The highest BCUT2D eigenvalue weighted by molar-refractivity contribution is 6.31. The summed E-state index contributed by atoms with van der Waals surface area (Å²) in [6.45, 7) is 1.55. The van der Waals surface area contributed by atoms with Crippen LogP contribution in [0.15, 0.2) is 12.4 Å². The van der Waals surface area contributed by atoms with Crippen molar-refractivity contribution in [2.75, 3.05) is 13.2 Å². The minimum Gasteiger partial charge on any atom is -0.460 e. The molecule has 1 fully saturated rings. The Morgan fingerprint density at radius 2 is 1.93 bits per heavy atom. The normalized spacial score (nSPS) is 18.0. The molecule has 1 saturated heterocycles. The molecule has 1 aromatic rings. The highest BCUT2D eigenvalue weighted by atomic mass is 16.5. The molecule has 0 saturated carbocycles. The lowest BCUT2D eigenvalue weighted by Gasteiger charge is -2.21. The molecule has 2 rings (SSSR count). The number of hydrogen-bond acceptors (Lipinski definition) is 4. The second-order valence-corrected chi connectivity index (χ2v) is 3.47. The fourth-order valence-electron chi connectivity index (χ4n) is 1.38. The van der Waals surface area contributed by atoms with Crippen molar-refractivity contribution in [2.24, 2.45) is 0 Å². The third kappa shape index (κ3) is 2.45. The van der Waals surface area contributed by atoms with Gasteiger partial charge in [0.15, 0.2) is 0 Å². The molecule has 74 valence electrons. The average Bonchev–Trinajstić information content (AvgIpc) is 2.23. The quantitative estimate of drug-likeness (QED) is 0.580. The molecule has 0 N–H and O–H groups in total. The minimum atomic E-state index is 0.214. The Bertz CT molecular complexity index is 285. The summed E-state index contributed by atoms with van der Waals surface area (Å²) in [5.74, 6) is 0. The number of nitrogens with zero attached hydrogens (tertiary/aromatic N) is 2. The van der Waals surface area contributed by atoms with Gasteiger partial charge in [-0.1, -0.05) is 5.46 Å². The van der Waals surface area contributed by atoms with Crippen LogP contribution in [0.4, 0.5) is 0 Å². The minimum absolute atomic E-state index is 0.214. The zero-order valence-electron chi connectivity index (χ0n) is 8.27. The highest BCUT2D eigenvalue weighted by Gasteiger charge is 2.15. The van der Waals surface area contributed by atoms with Crippen LogP contribution in [0.3, 0.4) is 0 Å². The van der Waals surface area contributed by atoms with Crippen LogP contribution in [0, 0.1) is 0 Å². The summed E-state index contributed by atoms with van der Waals surface area (Å²) >= 11 is 0. The standard InChI is InChI=1S/C9H13BN2O2/c10-7-5-11-9(12-6-7)14-8-1-3-13-4-2-8/h5-6,8H,1-4,10H2. The number of aromatic nitrogens is 2. The van der Waals surface area contributed by atoms with E-state index in [2.05, 4.69) is 9.97 Å². The van der Waals surface area contributed by atoms with Crippen molar-refractivity contribution in [1.82, 2.24) is 9.97 Å². The SMILES string of the molecule is Bc1cnc(OC2CCOCC2)nc1. The molecule has 0 amide bonds. The van der Waals surface area contributed by atoms with Gasteiger partial charge in [-0.25, -0.2) is 9.97 Å². The van der Waals surface area contributed by atoms with Gasteiger partial charge in [0.1, 0.15) is 14.0 Å². The van der Waals surface area contributed by atoms with Crippen molar-refractivity contribution in [3.05, 3.63) is 12.4 Å². The molecule has 14 heavy (non-hydrogen) atoms. The molecule has 4 nitrogen and oxygen atoms in total. The zero-order chi connectivity index (χ0) is 9.80. The van der Waals surface area contributed by atoms with Gasteiger partial charge in [-0.2, -0.15) is 0 Å². The maximum absolute atomic E-state index is 5.61. The molecular weight excluding hydrogens is 179 g/mol. The molecule has 0 aliphatic carbocycles. The lowest BCUT2D eigenvalue weighted by Crippen LogP contribution is -2.26. The molecular formula is C9H13BN2O2. The van der Waals surface area contributed by atoms with Gasteiger partial charge < -0.3 is 9.47 Å². The molecule has 2 heterocycles. The van der Waals surface area contributed by atoms with Crippen molar-refractivity contribution in [1.29, 1.82) is 0 Å². The summed E-state index contributed by atoms with van der Waals surface area (Å²) in [4.78, 5) is 8.20. The zero-order valence-corrected chi connectivity index (χ0v) is 8.27. The first-order chi connectivity index (χ1) is 6.84. The van der Waals surface area contributed by atoms with Crippen molar-refractivity contribution in [3.8, 4) is 6.01 Å². The van der Waals surface area contributed by atoms with E-state index < -0.39 is 0 Å². The summed E-state index contributed by atoms with van der Waals surface area (Å²) in [6, 6.07) is 0.475. The van der Waals surface area contributed by atoms with Gasteiger partial charge in [0.25, 0.3) is 0 Å². The first kappa shape index (κ1) is 9.46. The van der Waals surface area contributed by atoms with E-state index in [1.165, 1.54) is 0 Å². The van der Waals surface area contributed by atoms with Crippen LogP contribution in [0.2, 0.25) is 0 Å². The first-order valence-electron chi connectivity index (χ1n) is 4.87. The fraction of sp³-hybridized carbons (Fsp3) is 0.556. The summed E-state index contributed by atoms with van der Waals surface area (Å²) < 4.78 is 10.8. The topological polar surface area (TPSA) is 44.2 Å². The van der Waals surface area contributed by atoms with E-state index in [0.717, 1.165) is 31.5 Å². The molecule has 1 aromatic heterocycles. The van der Waals surface area contributed by atoms with Crippen LogP contribution in [-0.2, 0) is 4.74 Å². The Kier molecular flexibility index (Phi) is 2.98. The predicted molar refractivity (Wildman–Crippen MR) is 54.7 cm³/mol. The Labute approximate surface area is 84.1 Å². The van der Waals surface area contributed by atoms with Gasteiger partial charge in [0, 0.05) is 25.2 Å². The molecule has 0 aromatic carbocycles. The van der Waals surface area contributed by atoms with E-state index >= 15 is 0 Å². The average molecular weight is 192 g/mol. The van der Waals surface area contributed by atoms with E-state index in [1.807, 2.05) is 7.85 Å². The largest absolute Gasteiger partial charge is 0.460 e. The maximum Gasteiger partial charge on any atom is 0.316 e. The first-order valence-corrected chi connectivity index (χ1v) is 4.87. The van der Waals surface area contributed by atoms with Gasteiger partial charge in [-0.05, 0) is 0 Å². The third-order valence-electron chi connectivity index (χ3n) is 2.20. The van der Waals surface area contributed by atoms with Crippen LogP contribution in [0.5, 0.6) is 6.01 Å². The lowest BCUT2D eigenvalue weighted by atomic mass is 10.0. The van der Waals surface area contributed by atoms with E-state index in [4.69, 9.17) is 9.47 Å². The second-order valence-electron chi connectivity index (χ2n) is 3.47.